The van der Waals surface area contributed by atoms with E-state index >= 15 is 0 Å². The standard InChI is InChI=1S/C15H21N5O/c1-11(2)6-7-16-14-13-15(18-9-17-14)20(10-19-13)12-5-3-4-8-21-12/h9-10,12H,1,3-8H2,2H3,(H,16,17,18). The first-order valence-electron chi connectivity index (χ1n) is 7.43. The van der Waals surface area contributed by atoms with Crippen molar-refractivity contribution in [1.29, 1.82) is 0 Å². The Kier molecular flexibility index (Phi) is 4.15. The van der Waals surface area contributed by atoms with Gasteiger partial charge in [0.25, 0.3) is 0 Å². The van der Waals surface area contributed by atoms with E-state index in [0.717, 1.165) is 55.0 Å². The zero-order valence-corrected chi connectivity index (χ0v) is 12.4. The molecule has 6 heteroatoms. The molecule has 0 amide bonds. The predicted molar refractivity (Wildman–Crippen MR) is 82.1 cm³/mol. The van der Waals surface area contributed by atoms with Gasteiger partial charge in [-0.25, -0.2) is 15.0 Å². The summed E-state index contributed by atoms with van der Waals surface area (Å²) in [6, 6.07) is 0. The lowest BCUT2D eigenvalue weighted by Gasteiger charge is -2.23. The normalized spacial score (nSPS) is 18.8. The molecule has 1 saturated heterocycles. The molecule has 6 nitrogen and oxygen atoms in total. The third kappa shape index (κ3) is 3.05. The van der Waals surface area contributed by atoms with Gasteiger partial charge >= 0.3 is 0 Å². The maximum atomic E-state index is 5.81. The summed E-state index contributed by atoms with van der Waals surface area (Å²) >= 11 is 0. The Hall–Kier alpha value is -1.95. The first-order chi connectivity index (χ1) is 10.3. The van der Waals surface area contributed by atoms with E-state index in [1.807, 2.05) is 11.5 Å². The molecule has 1 aliphatic rings. The third-order valence-electron chi connectivity index (χ3n) is 3.67. The van der Waals surface area contributed by atoms with Gasteiger partial charge in [0.2, 0.25) is 0 Å². The maximum absolute atomic E-state index is 5.81. The summed E-state index contributed by atoms with van der Waals surface area (Å²) in [5.74, 6) is 0.774. The van der Waals surface area contributed by atoms with E-state index in [1.54, 1.807) is 12.7 Å². The summed E-state index contributed by atoms with van der Waals surface area (Å²) in [7, 11) is 0. The Morgan fingerprint density at radius 1 is 1.43 bits per heavy atom. The zero-order chi connectivity index (χ0) is 14.7. The van der Waals surface area contributed by atoms with Crippen molar-refractivity contribution in [2.75, 3.05) is 18.5 Å². The molecule has 0 radical (unpaired) electrons. The largest absolute Gasteiger partial charge is 0.368 e. The van der Waals surface area contributed by atoms with Crippen LogP contribution in [-0.2, 0) is 4.74 Å². The Morgan fingerprint density at radius 3 is 3.10 bits per heavy atom. The lowest BCUT2D eigenvalue weighted by Crippen LogP contribution is -2.17. The van der Waals surface area contributed by atoms with Crippen LogP contribution in [0, 0.1) is 0 Å². The molecule has 0 spiro atoms. The number of nitrogens with one attached hydrogen (secondary N) is 1. The van der Waals surface area contributed by atoms with Gasteiger partial charge < -0.3 is 10.1 Å². The van der Waals surface area contributed by atoms with Crippen molar-refractivity contribution < 1.29 is 4.74 Å². The minimum absolute atomic E-state index is 0.0434. The number of nitrogens with zero attached hydrogens (tertiary/aromatic N) is 4. The van der Waals surface area contributed by atoms with Crippen molar-refractivity contribution in [3.05, 3.63) is 24.8 Å². The Morgan fingerprint density at radius 2 is 2.33 bits per heavy atom. The number of hydrogen-bond acceptors (Lipinski definition) is 5. The van der Waals surface area contributed by atoms with Crippen LogP contribution in [0.15, 0.2) is 24.8 Å². The predicted octanol–water partition coefficient (Wildman–Crippen LogP) is 2.90. The molecular weight excluding hydrogens is 266 g/mol. The molecule has 0 saturated carbocycles. The van der Waals surface area contributed by atoms with E-state index < -0.39 is 0 Å². The second-order valence-corrected chi connectivity index (χ2v) is 5.50. The first-order valence-corrected chi connectivity index (χ1v) is 7.43. The van der Waals surface area contributed by atoms with E-state index in [4.69, 9.17) is 4.74 Å². The van der Waals surface area contributed by atoms with Crippen molar-refractivity contribution in [1.82, 2.24) is 19.5 Å². The van der Waals surface area contributed by atoms with Gasteiger partial charge in [-0.15, -0.1) is 6.58 Å². The number of aromatic nitrogens is 4. The number of hydrogen-bond donors (Lipinski definition) is 1. The van der Waals surface area contributed by atoms with E-state index in [-0.39, 0.29) is 6.23 Å². The van der Waals surface area contributed by atoms with Gasteiger partial charge in [-0.1, -0.05) is 5.57 Å². The van der Waals surface area contributed by atoms with Crippen LogP contribution in [0.5, 0.6) is 0 Å². The monoisotopic (exact) mass is 287 g/mol. The summed E-state index contributed by atoms with van der Waals surface area (Å²) in [5, 5.41) is 3.31. The molecule has 0 aliphatic carbocycles. The number of fused-ring (bicyclic) bond motifs is 1. The molecule has 2 aromatic heterocycles. The lowest BCUT2D eigenvalue weighted by atomic mass is 10.2. The van der Waals surface area contributed by atoms with Gasteiger partial charge in [0.05, 0.1) is 6.33 Å². The number of imidazole rings is 1. The topological polar surface area (TPSA) is 64.9 Å². The molecular formula is C15H21N5O. The highest BCUT2D eigenvalue weighted by atomic mass is 16.5. The van der Waals surface area contributed by atoms with Crippen LogP contribution in [0.4, 0.5) is 5.82 Å². The fraction of sp³-hybridized carbons (Fsp3) is 0.533. The number of rotatable bonds is 5. The Labute approximate surface area is 124 Å². The van der Waals surface area contributed by atoms with Gasteiger partial charge in [0.1, 0.15) is 12.6 Å². The molecule has 2 aromatic rings. The van der Waals surface area contributed by atoms with Crippen molar-refractivity contribution in [3.8, 4) is 0 Å². The fourth-order valence-corrected chi connectivity index (χ4v) is 2.53. The van der Waals surface area contributed by atoms with Gasteiger partial charge in [-0.2, -0.15) is 0 Å². The molecule has 1 atom stereocenters. The molecule has 21 heavy (non-hydrogen) atoms. The van der Waals surface area contributed by atoms with Crippen LogP contribution >= 0.6 is 0 Å². The molecule has 3 rings (SSSR count). The maximum Gasteiger partial charge on any atom is 0.167 e. The molecule has 3 heterocycles. The van der Waals surface area contributed by atoms with Gasteiger partial charge in [-0.05, 0) is 32.6 Å². The third-order valence-corrected chi connectivity index (χ3v) is 3.67. The minimum Gasteiger partial charge on any atom is -0.368 e. The number of anilines is 1. The molecule has 112 valence electrons. The zero-order valence-electron chi connectivity index (χ0n) is 12.4. The van der Waals surface area contributed by atoms with Gasteiger partial charge in [0.15, 0.2) is 17.0 Å². The molecule has 1 unspecified atom stereocenters. The average Bonchev–Trinajstić information content (AvgIpc) is 2.92. The van der Waals surface area contributed by atoms with Crippen LogP contribution in [0.1, 0.15) is 38.8 Å². The Balaban J connectivity index is 1.83. The SMILES string of the molecule is C=C(C)CCNc1ncnc2c1ncn2C1CCCCO1. The summed E-state index contributed by atoms with van der Waals surface area (Å²) < 4.78 is 7.83. The summed E-state index contributed by atoms with van der Waals surface area (Å²) in [6.07, 6.45) is 7.66. The highest BCUT2D eigenvalue weighted by Gasteiger charge is 2.19. The summed E-state index contributed by atoms with van der Waals surface area (Å²) in [5.41, 5.74) is 2.78. The van der Waals surface area contributed by atoms with E-state index in [1.165, 1.54) is 6.42 Å². The highest BCUT2D eigenvalue weighted by Crippen LogP contribution is 2.27. The van der Waals surface area contributed by atoms with E-state index in [2.05, 4.69) is 26.8 Å². The average molecular weight is 287 g/mol. The first kappa shape index (κ1) is 14.0. The van der Waals surface area contributed by atoms with Gasteiger partial charge in [0, 0.05) is 13.2 Å². The fourth-order valence-electron chi connectivity index (χ4n) is 2.53. The minimum atomic E-state index is 0.0434. The van der Waals surface area contributed by atoms with Crippen molar-refractivity contribution in [2.24, 2.45) is 0 Å². The lowest BCUT2D eigenvalue weighted by molar-refractivity contribution is -0.0298. The van der Waals surface area contributed by atoms with Crippen LogP contribution in [-0.4, -0.2) is 32.7 Å². The van der Waals surface area contributed by atoms with E-state index in [9.17, 15) is 0 Å². The van der Waals surface area contributed by atoms with Crippen molar-refractivity contribution in [2.45, 2.75) is 38.8 Å². The van der Waals surface area contributed by atoms with Crippen LogP contribution in [0.2, 0.25) is 0 Å². The van der Waals surface area contributed by atoms with Crippen molar-refractivity contribution in [3.63, 3.8) is 0 Å². The summed E-state index contributed by atoms with van der Waals surface area (Å²) in [6.45, 7) is 7.53. The molecule has 0 aromatic carbocycles. The van der Waals surface area contributed by atoms with Crippen molar-refractivity contribution >= 4 is 17.0 Å². The molecule has 0 bridgehead atoms. The Bertz CT molecular complexity index is 630. The van der Waals surface area contributed by atoms with Crippen LogP contribution < -0.4 is 5.32 Å². The smallest absolute Gasteiger partial charge is 0.167 e. The van der Waals surface area contributed by atoms with Crippen LogP contribution in [0.25, 0.3) is 11.2 Å². The van der Waals surface area contributed by atoms with Crippen LogP contribution in [0.3, 0.4) is 0 Å². The number of ether oxygens (including phenoxy) is 1. The van der Waals surface area contributed by atoms with E-state index in [0.29, 0.717) is 0 Å². The van der Waals surface area contributed by atoms with Gasteiger partial charge in [-0.3, -0.25) is 4.57 Å². The molecule has 1 fully saturated rings. The molecule has 1 N–H and O–H groups in total. The second kappa shape index (κ2) is 6.22. The highest BCUT2D eigenvalue weighted by molar-refractivity contribution is 5.82. The summed E-state index contributed by atoms with van der Waals surface area (Å²) in [4.78, 5) is 13.1. The molecule has 1 aliphatic heterocycles. The second-order valence-electron chi connectivity index (χ2n) is 5.50. The quantitative estimate of drug-likeness (QED) is 0.857.